The summed E-state index contributed by atoms with van der Waals surface area (Å²) in [5, 5.41) is 22.1. The van der Waals surface area contributed by atoms with Gasteiger partial charge in [0.05, 0.1) is 31.5 Å². The molecular weight excluding hydrogens is 799 g/mol. The molecule has 0 amide bonds. The molecule has 2 rings (SSSR count). The molecule has 0 spiro atoms. The number of rotatable bonds is 44. The van der Waals surface area contributed by atoms with Gasteiger partial charge in [0.25, 0.3) is 0 Å². The first kappa shape index (κ1) is 57.3. The van der Waals surface area contributed by atoms with Crippen LogP contribution in [-0.4, -0.2) is 109 Å². The van der Waals surface area contributed by atoms with E-state index in [2.05, 4.69) is 20.8 Å². The average Bonchev–Trinajstić information content (AvgIpc) is 3.89. The Kier molecular flexibility index (Phi) is 35.8. The van der Waals surface area contributed by atoms with E-state index in [0.717, 1.165) is 64.2 Å². The summed E-state index contributed by atoms with van der Waals surface area (Å²) in [6, 6.07) is 0. The van der Waals surface area contributed by atoms with Gasteiger partial charge in [-0.3, -0.25) is 19.3 Å². The van der Waals surface area contributed by atoms with E-state index in [1.54, 1.807) is 0 Å². The zero-order valence-electron chi connectivity index (χ0n) is 40.9. The van der Waals surface area contributed by atoms with Crippen LogP contribution in [0.4, 0.5) is 0 Å². The summed E-state index contributed by atoms with van der Waals surface area (Å²) in [5.41, 5.74) is 0. The fourth-order valence-electron chi connectivity index (χ4n) is 9.03. The second-order valence-electron chi connectivity index (χ2n) is 19.0. The number of ether oxygens (including phenoxy) is 5. The third-order valence-corrected chi connectivity index (χ3v) is 12.9. The first-order valence-corrected chi connectivity index (χ1v) is 26.6. The molecule has 2 N–H and O–H groups in total. The van der Waals surface area contributed by atoms with Gasteiger partial charge in [-0.2, -0.15) is 0 Å². The highest BCUT2D eigenvalue weighted by Gasteiger charge is 2.43. The predicted molar refractivity (Wildman–Crippen MR) is 253 cm³/mol. The van der Waals surface area contributed by atoms with Crippen LogP contribution in [0.15, 0.2) is 0 Å². The summed E-state index contributed by atoms with van der Waals surface area (Å²) >= 11 is 0. The molecule has 0 aromatic heterocycles. The highest BCUT2D eigenvalue weighted by atomic mass is 16.6. The van der Waals surface area contributed by atoms with Crippen LogP contribution >= 0.6 is 0 Å². The maximum atomic E-state index is 12.9. The van der Waals surface area contributed by atoms with Gasteiger partial charge >= 0.3 is 17.9 Å². The second kappa shape index (κ2) is 39.4. The molecule has 370 valence electrons. The molecule has 2 aliphatic rings. The lowest BCUT2D eigenvalue weighted by Gasteiger charge is -2.27. The fourth-order valence-corrected chi connectivity index (χ4v) is 9.03. The predicted octanol–water partition coefficient (Wildman–Crippen LogP) is 11.5. The molecule has 11 heteroatoms. The molecule has 0 aromatic carbocycles. The van der Waals surface area contributed by atoms with Gasteiger partial charge in [-0.25, -0.2) is 0 Å². The summed E-state index contributed by atoms with van der Waals surface area (Å²) in [7, 11) is 0. The minimum atomic E-state index is -0.682. The van der Waals surface area contributed by atoms with Gasteiger partial charge in [0.2, 0.25) is 0 Å². The number of hydrogen-bond acceptors (Lipinski definition) is 11. The second-order valence-corrected chi connectivity index (χ2v) is 19.0. The molecule has 0 bridgehead atoms. The van der Waals surface area contributed by atoms with Crippen molar-refractivity contribution in [2.24, 2.45) is 0 Å². The monoisotopic (exact) mass is 896 g/mol. The summed E-state index contributed by atoms with van der Waals surface area (Å²) in [5.74, 6) is -0.611. The van der Waals surface area contributed by atoms with Crippen LogP contribution in [0.1, 0.15) is 239 Å². The van der Waals surface area contributed by atoms with Crippen LogP contribution in [0.2, 0.25) is 0 Å². The molecule has 0 radical (unpaired) electrons. The molecular formula is C52H97NO10. The summed E-state index contributed by atoms with van der Waals surface area (Å²) < 4.78 is 28.6. The molecule has 2 heterocycles. The number of carbonyl (C=O) groups excluding carboxylic acids is 3. The van der Waals surface area contributed by atoms with Crippen LogP contribution in [0.5, 0.6) is 0 Å². The van der Waals surface area contributed by atoms with Crippen LogP contribution in [0.25, 0.3) is 0 Å². The Morgan fingerprint density at radius 2 is 1.05 bits per heavy atom. The Morgan fingerprint density at radius 1 is 0.556 bits per heavy atom. The number of carbonyl (C=O) groups is 3. The molecule has 0 saturated carbocycles. The zero-order chi connectivity index (χ0) is 45.6. The van der Waals surface area contributed by atoms with Crippen LogP contribution in [0.3, 0.4) is 0 Å². The van der Waals surface area contributed by atoms with Gasteiger partial charge in [-0.05, 0) is 77.2 Å². The van der Waals surface area contributed by atoms with Crippen molar-refractivity contribution < 1.29 is 48.3 Å². The molecule has 0 aliphatic carbocycles. The van der Waals surface area contributed by atoms with Crippen molar-refractivity contribution in [1.29, 1.82) is 0 Å². The Bertz CT molecular complexity index is 1090. The maximum absolute atomic E-state index is 12.9. The van der Waals surface area contributed by atoms with Crippen LogP contribution in [0, 0.1) is 0 Å². The van der Waals surface area contributed by atoms with Crippen LogP contribution < -0.4 is 0 Å². The fraction of sp³-hybridized carbons (Fsp3) is 0.942. The van der Waals surface area contributed by atoms with E-state index in [9.17, 15) is 24.6 Å². The minimum absolute atomic E-state index is 0.00319. The van der Waals surface area contributed by atoms with Crippen LogP contribution in [-0.2, 0) is 38.1 Å². The van der Waals surface area contributed by atoms with Gasteiger partial charge in [0.1, 0.15) is 12.2 Å². The topological polar surface area (TPSA) is 141 Å². The zero-order valence-corrected chi connectivity index (χ0v) is 40.9. The van der Waals surface area contributed by atoms with Gasteiger partial charge in [0, 0.05) is 39.0 Å². The Labute approximate surface area is 385 Å². The first-order chi connectivity index (χ1) is 30.7. The molecule has 2 saturated heterocycles. The summed E-state index contributed by atoms with van der Waals surface area (Å²) in [4.78, 5) is 40.1. The lowest BCUT2D eigenvalue weighted by atomic mass is 10.0. The van der Waals surface area contributed by atoms with Crippen molar-refractivity contribution in [2.45, 2.75) is 276 Å². The SMILES string of the molecule is CCCCCCCCCCCOC(=O)CCCC(O)CN(CCCC(=O)OC1COC2CCOC21)CC(O)CCCCCC(=O)OC(CCCCCCCC)CCCCCCCC. The van der Waals surface area contributed by atoms with Crippen molar-refractivity contribution in [3.8, 4) is 0 Å². The van der Waals surface area contributed by atoms with E-state index < -0.39 is 12.2 Å². The van der Waals surface area contributed by atoms with E-state index in [-0.39, 0.29) is 55.2 Å². The smallest absolute Gasteiger partial charge is 0.306 e. The molecule has 2 fully saturated rings. The number of hydrogen-bond donors (Lipinski definition) is 2. The number of aliphatic hydroxyl groups is 2. The van der Waals surface area contributed by atoms with E-state index >= 15 is 0 Å². The molecule has 5 atom stereocenters. The Balaban J connectivity index is 1.73. The third-order valence-electron chi connectivity index (χ3n) is 12.9. The molecule has 2 aliphatic heterocycles. The number of esters is 3. The van der Waals surface area contributed by atoms with Crippen molar-refractivity contribution in [2.75, 3.05) is 39.5 Å². The van der Waals surface area contributed by atoms with Crippen molar-refractivity contribution in [3.05, 3.63) is 0 Å². The summed E-state index contributed by atoms with van der Waals surface area (Å²) in [6.45, 7) is 9.35. The number of aliphatic hydroxyl groups excluding tert-OH is 2. The maximum Gasteiger partial charge on any atom is 0.306 e. The summed E-state index contributed by atoms with van der Waals surface area (Å²) in [6.07, 6.45) is 32.0. The van der Waals surface area contributed by atoms with E-state index in [1.165, 1.54) is 109 Å². The van der Waals surface area contributed by atoms with E-state index in [1.807, 2.05) is 4.90 Å². The van der Waals surface area contributed by atoms with Crippen molar-refractivity contribution >= 4 is 17.9 Å². The van der Waals surface area contributed by atoms with Gasteiger partial charge in [-0.15, -0.1) is 0 Å². The highest BCUT2D eigenvalue weighted by Crippen LogP contribution is 2.28. The molecule has 0 aromatic rings. The Hall–Kier alpha value is -1.79. The standard InChI is InChI=1S/C52H97NO10/c1-4-7-10-13-16-17-18-21-27-39-59-49(56)35-28-31-45(55)42-53(38-29-36-51(58)63-48-43-61-47-37-40-60-52(47)48)41-44(54)30-23-22-26-34-50(57)62-46(32-24-19-14-11-8-5-2)33-25-20-15-12-9-6-3/h44-48,52,54-55H,4-43H2,1-3H3. The average molecular weight is 896 g/mol. The lowest BCUT2D eigenvalue weighted by Crippen LogP contribution is -2.39. The molecule has 5 unspecified atom stereocenters. The number of nitrogens with zero attached hydrogens (tertiary/aromatic N) is 1. The Morgan fingerprint density at radius 3 is 1.65 bits per heavy atom. The highest BCUT2D eigenvalue weighted by molar-refractivity contribution is 5.70. The third kappa shape index (κ3) is 30.9. The van der Waals surface area contributed by atoms with E-state index in [4.69, 9.17) is 23.7 Å². The molecule has 11 nitrogen and oxygen atoms in total. The van der Waals surface area contributed by atoms with Gasteiger partial charge < -0.3 is 33.9 Å². The molecule has 63 heavy (non-hydrogen) atoms. The van der Waals surface area contributed by atoms with E-state index in [0.29, 0.717) is 71.6 Å². The quantitative estimate of drug-likeness (QED) is 0.0343. The number of unbranched alkanes of at least 4 members (excludes halogenated alkanes) is 20. The lowest BCUT2D eigenvalue weighted by molar-refractivity contribution is -0.154. The van der Waals surface area contributed by atoms with Crippen molar-refractivity contribution in [3.63, 3.8) is 0 Å². The number of fused-ring (bicyclic) bond motifs is 1. The van der Waals surface area contributed by atoms with Crippen molar-refractivity contribution in [1.82, 2.24) is 4.90 Å². The largest absolute Gasteiger partial charge is 0.466 e. The minimum Gasteiger partial charge on any atom is -0.466 e. The van der Waals surface area contributed by atoms with Gasteiger partial charge in [0.15, 0.2) is 6.10 Å². The first-order valence-electron chi connectivity index (χ1n) is 26.6. The van der Waals surface area contributed by atoms with Gasteiger partial charge in [-0.1, -0.05) is 149 Å². The normalized spacial score (nSPS) is 18.2.